The minimum absolute atomic E-state index is 0.0771. The van der Waals surface area contributed by atoms with Gasteiger partial charge in [0.25, 0.3) is 0 Å². The Hall–Kier alpha value is -1.83. The summed E-state index contributed by atoms with van der Waals surface area (Å²) in [5.41, 5.74) is 0.671. The number of nitrogens with one attached hydrogen (secondary N) is 2. The second kappa shape index (κ2) is 4.81. The summed E-state index contributed by atoms with van der Waals surface area (Å²) >= 11 is 1.40. The van der Waals surface area contributed by atoms with E-state index in [0.717, 1.165) is 5.16 Å². The lowest BCUT2D eigenvalue weighted by Crippen LogP contribution is -2.14. The third-order valence-electron chi connectivity index (χ3n) is 2.59. The fraction of sp³-hybridized carbons (Fsp3) is 0.400. The molecular weight excluding hydrogens is 252 g/mol. The smallest absolute Gasteiger partial charge is 0.234 e. The van der Waals surface area contributed by atoms with Crippen molar-refractivity contribution in [1.29, 1.82) is 0 Å². The van der Waals surface area contributed by atoms with Crippen LogP contribution in [-0.2, 0) is 4.79 Å². The van der Waals surface area contributed by atoms with Gasteiger partial charge in [-0.05, 0) is 12.8 Å². The Balaban J connectivity index is 1.54. The summed E-state index contributed by atoms with van der Waals surface area (Å²) in [6.45, 7) is 0. The summed E-state index contributed by atoms with van der Waals surface area (Å²) < 4.78 is 2.04. The van der Waals surface area contributed by atoms with Crippen molar-refractivity contribution in [3.63, 3.8) is 0 Å². The number of carbonyl (C=O) groups is 1. The van der Waals surface area contributed by atoms with Gasteiger partial charge >= 0.3 is 0 Å². The first-order valence-electron chi connectivity index (χ1n) is 5.64. The molecule has 1 aliphatic rings. The SMILES string of the molecule is O=C(CSc1nncn1C1CC1)Nc1cn[nH]c1. The predicted octanol–water partition coefficient (Wildman–Crippen LogP) is 1.07. The number of aromatic amines is 1. The predicted molar refractivity (Wildman–Crippen MR) is 66.2 cm³/mol. The quantitative estimate of drug-likeness (QED) is 0.788. The molecule has 1 fully saturated rings. The van der Waals surface area contributed by atoms with Gasteiger partial charge in [0, 0.05) is 12.2 Å². The maximum Gasteiger partial charge on any atom is 0.234 e. The zero-order valence-electron chi connectivity index (χ0n) is 9.54. The molecule has 3 rings (SSSR count). The van der Waals surface area contributed by atoms with Crippen molar-refractivity contribution in [2.45, 2.75) is 24.0 Å². The van der Waals surface area contributed by atoms with Gasteiger partial charge in [0.15, 0.2) is 5.16 Å². The Bertz CT molecular complexity index is 532. The molecule has 0 atom stereocenters. The Morgan fingerprint density at radius 2 is 2.50 bits per heavy atom. The van der Waals surface area contributed by atoms with Gasteiger partial charge < -0.3 is 9.88 Å². The van der Waals surface area contributed by atoms with Crippen molar-refractivity contribution in [3.8, 4) is 0 Å². The van der Waals surface area contributed by atoms with E-state index >= 15 is 0 Å². The number of aromatic nitrogens is 5. The lowest BCUT2D eigenvalue weighted by Gasteiger charge is -2.04. The summed E-state index contributed by atoms with van der Waals surface area (Å²) in [7, 11) is 0. The van der Waals surface area contributed by atoms with Crippen LogP contribution in [0.25, 0.3) is 0 Å². The molecule has 2 N–H and O–H groups in total. The maximum absolute atomic E-state index is 11.7. The van der Waals surface area contributed by atoms with E-state index in [9.17, 15) is 4.79 Å². The van der Waals surface area contributed by atoms with Crippen molar-refractivity contribution >= 4 is 23.4 Å². The van der Waals surface area contributed by atoms with Gasteiger partial charge in [-0.1, -0.05) is 11.8 Å². The van der Waals surface area contributed by atoms with Crippen LogP contribution < -0.4 is 5.32 Å². The van der Waals surface area contributed by atoms with Gasteiger partial charge in [-0.3, -0.25) is 9.89 Å². The van der Waals surface area contributed by atoms with Crippen molar-refractivity contribution in [3.05, 3.63) is 18.7 Å². The number of amides is 1. The van der Waals surface area contributed by atoms with E-state index in [-0.39, 0.29) is 5.91 Å². The molecular formula is C10H12N6OS. The number of nitrogens with zero attached hydrogens (tertiary/aromatic N) is 4. The molecule has 1 amide bonds. The van der Waals surface area contributed by atoms with E-state index in [2.05, 4.69) is 25.7 Å². The summed E-state index contributed by atoms with van der Waals surface area (Å²) in [5.74, 6) is 0.239. The van der Waals surface area contributed by atoms with Gasteiger partial charge in [-0.15, -0.1) is 10.2 Å². The van der Waals surface area contributed by atoms with Crippen molar-refractivity contribution in [2.24, 2.45) is 0 Å². The first-order valence-corrected chi connectivity index (χ1v) is 6.62. The Kier molecular flexibility index (Phi) is 3.01. The molecule has 2 heterocycles. The van der Waals surface area contributed by atoms with Gasteiger partial charge in [-0.2, -0.15) is 5.10 Å². The van der Waals surface area contributed by atoms with Crippen LogP contribution in [0.2, 0.25) is 0 Å². The average molecular weight is 264 g/mol. The highest BCUT2D eigenvalue weighted by Crippen LogP contribution is 2.37. The van der Waals surface area contributed by atoms with Crippen molar-refractivity contribution < 1.29 is 4.79 Å². The molecule has 0 unspecified atom stereocenters. The fourth-order valence-electron chi connectivity index (χ4n) is 1.58. The number of anilines is 1. The number of thioether (sulfide) groups is 1. The zero-order chi connectivity index (χ0) is 12.4. The number of carbonyl (C=O) groups excluding carboxylic acids is 1. The second-order valence-electron chi connectivity index (χ2n) is 4.08. The van der Waals surface area contributed by atoms with Crippen LogP contribution in [-0.4, -0.2) is 36.6 Å². The molecule has 8 heteroatoms. The highest BCUT2D eigenvalue weighted by atomic mass is 32.2. The minimum Gasteiger partial charge on any atom is -0.323 e. The number of H-pyrrole nitrogens is 1. The lowest BCUT2D eigenvalue weighted by atomic mass is 10.5. The van der Waals surface area contributed by atoms with E-state index in [4.69, 9.17) is 0 Å². The van der Waals surface area contributed by atoms with Crippen LogP contribution in [0.4, 0.5) is 5.69 Å². The fourth-order valence-corrected chi connectivity index (χ4v) is 2.37. The summed E-state index contributed by atoms with van der Waals surface area (Å²) in [5, 5.41) is 17.8. The normalized spacial score (nSPS) is 14.7. The first kappa shape index (κ1) is 11.3. The van der Waals surface area contributed by atoms with E-state index in [1.165, 1.54) is 24.6 Å². The molecule has 18 heavy (non-hydrogen) atoms. The molecule has 94 valence electrons. The maximum atomic E-state index is 11.7. The molecule has 0 saturated heterocycles. The lowest BCUT2D eigenvalue weighted by molar-refractivity contribution is -0.113. The van der Waals surface area contributed by atoms with Gasteiger partial charge in [0.2, 0.25) is 5.91 Å². The van der Waals surface area contributed by atoms with Crippen LogP contribution in [0.3, 0.4) is 0 Å². The number of hydrogen-bond acceptors (Lipinski definition) is 5. The van der Waals surface area contributed by atoms with Crippen molar-refractivity contribution in [1.82, 2.24) is 25.0 Å². The van der Waals surface area contributed by atoms with Crippen LogP contribution in [0.5, 0.6) is 0 Å². The molecule has 1 aliphatic carbocycles. The van der Waals surface area contributed by atoms with E-state index in [1.54, 1.807) is 18.7 Å². The third kappa shape index (κ3) is 2.53. The molecule has 0 aliphatic heterocycles. The number of rotatable bonds is 5. The molecule has 2 aromatic rings. The highest BCUT2D eigenvalue weighted by molar-refractivity contribution is 7.99. The summed E-state index contributed by atoms with van der Waals surface area (Å²) in [6.07, 6.45) is 7.28. The Morgan fingerprint density at radius 3 is 3.22 bits per heavy atom. The van der Waals surface area contributed by atoms with Gasteiger partial charge in [-0.25, -0.2) is 0 Å². The van der Waals surface area contributed by atoms with Gasteiger partial charge in [0.05, 0.1) is 17.6 Å². The monoisotopic (exact) mass is 264 g/mol. The van der Waals surface area contributed by atoms with E-state index < -0.39 is 0 Å². The molecule has 2 aromatic heterocycles. The molecule has 0 spiro atoms. The molecule has 0 bridgehead atoms. The Morgan fingerprint density at radius 1 is 1.61 bits per heavy atom. The Labute approximate surface area is 107 Å². The second-order valence-corrected chi connectivity index (χ2v) is 5.02. The van der Waals surface area contributed by atoms with E-state index in [1.807, 2.05) is 4.57 Å². The molecule has 1 saturated carbocycles. The topological polar surface area (TPSA) is 88.5 Å². The zero-order valence-corrected chi connectivity index (χ0v) is 10.4. The molecule has 0 radical (unpaired) electrons. The molecule has 7 nitrogen and oxygen atoms in total. The largest absolute Gasteiger partial charge is 0.323 e. The van der Waals surface area contributed by atoms with Crippen LogP contribution in [0.1, 0.15) is 18.9 Å². The minimum atomic E-state index is -0.0771. The van der Waals surface area contributed by atoms with E-state index in [0.29, 0.717) is 17.5 Å². The van der Waals surface area contributed by atoms with Crippen LogP contribution in [0, 0.1) is 0 Å². The van der Waals surface area contributed by atoms with Crippen molar-refractivity contribution in [2.75, 3.05) is 11.1 Å². The standard InChI is InChI=1S/C10H12N6OS/c17-9(14-7-3-11-12-4-7)5-18-10-15-13-6-16(10)8-1-2-8/h3-4,6,8H,1-2,5H2,(H,11,12)(H,14,17). The summed E-state index contributed by atoms with van der Waals surface area (Å²) in [4.78, 5) is 11.7. The van der Waals surface area contributed by atoms with Crippen LogP contribution in [0.15, 0.2) is 23.9 Å². The molecule has 0 aromatic carbocycles. The average Bonchev–Trinajstić information content (AvgIpc) is 2.90. The van der Waals surface area contributed by atoms with Gasteiger partial charge in [0.1, 0.15) is 6.33 Å². The first-order chi connectivity index (χ1) is 8.83. The summed E-state index contributed by atoms with van der Waals surface area (Å²) in [6, 6.07) is 0.527. The van der Waals surface area contributed by atoms with Crippen LogP contribution >= 0.6 is 11.8 Å². The third-order valence-corrected chi connectivity index (χ3v) is 3.55. The highest BCUT2D eigenvalue weighted by Gasteiger charge is 2.26. The number of hydrogen-bond donors (Lipinski definition) is 2.